The molecular formula is C7H9N3O. The number of amides is 1. The van der Waals surface area contributed by atoms with Crippen molar-refractivity contribution >= 4 is 6.03 Å². The van der Waals surface area contributed by atoms with Crippen LogP contribution < -0.4 is 5.32 Å². The van der Waals surface area contributed by atoms with Crippen LogP contribution in [0.1, 0.15) is 12.8 Å². The number of rotatable bonds is 1. The number of hydrogen-bond acceptors (Lipinski definition) is 2. The normalized spacial score (nSPS) is 16.4. The van der Waals surface area contributed by atoms with Crippen molar-refractivity contribution in [2.45, 2.75) is 18.9 Å². The predicted octanol–water partition coefficient (Wildman–Crippen LogP) is 0.603. The van der Waals surface area contributed by atoms with E-state index in [4.69, 9.17) is 0 Å². The fraction of sp³-hybridized carbons (Fsp3) is 0.429. The van der Waals surface area contributed by atoms with E-state index in [1.54, 1.807) is 12.4 Å². The average molecular weight is 151 g/mol. The second-order valence-corrected chi connectivity index (χ2v) is 2.69. The van der Waals surface area contributed by atoms with Crippen LogP contribution in [0.25, 0.3) is 0 Å². The average Bonchev–Trinajstić information content (AvgIpc) is 2.67. The topological polar surface area (TPSA) is 46.9 Å². The molecule has 0 spiro atoms. The first kappa shape index (κ1) is 6.39. The van der Waals surface area contributed by atoms with E-state index in [1.807, 2.05) is 0 Å². The van der Waals surface area contributed by atoms with Gasteiger partial charge in [-0.1, -0.05) is 0 Å². The summed E-state index contributed by atoms with van der Waals surface area (Å²) in [5, 5.41) is 2.84. The van der Waals surface area contributed by atoms with Gasteiger partial charge in [0.15, 0.2) is 0 Å². The van der Waals surface area contributed by atoms with Gasteiger partial charge >= 0.3 is 6.03 Å². The monoisotopic (exact) mass is 151 g/mol. The van der Waals surface area contributed by atoms with E-state index >= 15 is 0 Å². The molecule has 0 aliphatic heterocycles. The third-order valence-electron chi connectivity index (χ3n) is 1.64. The number of nitrogens with zero attached hydrogens (tertiary/aromatic N) is 2. The number of imidazole rings is 1. The van der Waals surface area contributed by atoms with E-state index in [0.717, 1.165) is 12.8 Å². The molecule has 1 saturated carbocycles. The molecule has 0 radical (unpaired) electrons. The van der Waals surface area contributed by atoms with Gasteiger partial charge in [-0.25, -0.2) is 9.78 Å². The standard InChI is InChI=1S/C7H9N3O/c11-7(9-6-1-2-6)10-4-3-8-5-10/h3-6H,1-2H2,(H,9,11). The van der Waals surface area contributed by atoms with Gasteiger partial charge in [-0.3, -0.25) is 4.57 Å². The van der Waals surface area contributed by atoms with Crippen molar-refractivity contribution in [3.63, 3.8) is 0 Å². The van der Waals surface area contributed by atoms with Gasteiger partial charge in [0, 0.05) is 18.4 Å². The van der Waals surface area contributed by atoms with Gasteiger partial charge in [0.1, 0.15) is 6.33 Å². The van der Waals surface area contributed by atoms with Crippen molar-refractivity contribution in [1.29, 1.82) is 0 Å². The molecule has 0 atom stereocenters. The molecule has 0 bridgehead atoms. The van der Waals surface area contributed by atoms with Crippen LogP contribution in [0.3, 0.4) is 0 Å². The van der Waals surface area contributed by atoms with Crippen LogP contribution in [0.5, 0.6) is 0 Å². The highest BCUT2D eigenvalue weighted by molar-refractivity contribution is 5.76. The molecule has 1 aromatic heterocycles. The SMILES string of the molecule is O=C(NC1CC1)n1ccnc1. The van der Waals surface area contributed by atoms with Crippen molar-refractivity contribution in [2.24, 2.45) is 0 Å². The molecule has 11 heavy (non-hydrogen) atoms. The summed E-state index contributed by atoms with van der Waals surface area (Å²) in [6.07, 6.45) is 6.95. The Hall–Kier alpha value is -1.32. The van der Waals surface area contributed by atoms with Crippen molar-refractivity contribution in [3.8, 4) is 0 Å². The summed E-state index contributed by atoms with van der Waals surface area (Å²) in [6.45, 7) is 0. The van der Waals surface area contributed by atoms with Crippen LogP contribution in [0.15, 0.2) is 18.7 Å². The summed E-state index contributed by atoms with van der Waals surface area (Å²) in [5.41, 5.74) is 0. The summed E-state index contributed by atoms with van der Waals surface area (Å²) in [5.74, 6) is 0. The lowest BCUT2D eigenvalue weighted by Gasteiger charge is -2.00. The van der Waals surface area contributed by atoms with Crippen LogP contribution in [-0.4, -0.2) is 21.6 Å². The smallest absolute Gasteiger partial charge is 0.327 e. The molecular weight excluding hydrogens is 142 g/mol. The fourth-order valence-corrected chi connectivity index (χ4v) is 0.856. The van der Waals surface area contributed by atoms with Crippen molar-refractivity contribution < 1.29 is 4.79 Å². The van der Waals surface area contributed by atoms with Crippen LogP contribution >= 0.6 is 0 Å². The first-order valence-electron chi connectivity index (χ1n) is 3.65. The molecule has 1 aliphatic carbocycles. The molecule has 0 unspecified atom stereocenters. The van der Waals surface area contributed by atoms with Gasteiger partial charge in [-0.05, 0) is 12.8 Å². The lowest BCUT2D eigenvalue weighted by Crippen LogP contribution is -2.29. The van der Waals surface area contributed by atoms with Crippen LogP contribution in [0.4, 0.5) is 4.79 Å². The largest absolute Gasteiger partial charge is 0.335 e. The lowest BCUT2D eigenvalue weighted by molar-refractivity contribution is 0.242. The predicted molar refractivity (Wildman–Crippen MR) is 39.2 cm³/mol. The van der Waals surface area contributed by atoms with E-state index in [0.29, 0.717) is 6.04 Å². The van der Waals surface area contributed by atoms with Crippen LogP contribution in [0.2, 0.25) is 0 Å². The summed E-state index contributed by atoms with van der Waals surface area (Å²) in [7, 11) is 0. The van der Waals surface area contributed by atoms with Crippen molar-refractivity contribution in [3.05, 3.63) is 18.7 Å². The minimum absolute atomic E-state index is 0.0787. The zero-order valence-electron chi connectivity index (χ0n) is 6.03. The molecule has 0 aromatic carbocycles. The van der Waals surface area contributed by atoms with Crippen molar-refractivity contribution in [1.82, 2.24) is 14.9 Å². The third kappa shape index (κ3) is 1.39. The van der Waals surface area contributed by atoms with Gasteiger partial charge in [0.05, 0.1) is 0 Å². The molecule has 1 aliphatic rings. The highest BCUT2D eigenvalue weighted by Gasteiger charge is 2.23. The van der Waals surface area contributed by atoms with E-state index in [-0.39, 0.29) is 6.03 Å². The van der Waals surface area contributed by atoms with Gasteiger partial charge in [0.25, 0.3) is 0 Å². The molecule has 1 heterocycles. The minimum Gasteiger partial charge on any atom is -0.335 e. The Morgan fingerprint density at radius 2 is 2.45 bits per heavy atom. The van der Waals surface area contributed by atoms with E-state index in [1.165, 1.54) is 10.9 Å². The van der Waals surface area contributed by atoms with Gasteiger partial charge < -0.3 is 5.32 Å². The molecule has 4 nitrogen and oxygen atoms in total. The maximum absolute atomic E-state index is 11.2. The Labute approximate surface area is 64.2 Å². The van der Waals surface area contributed by atoms with E-state index in [9.17, 15) is 4.79 Å². The van der Waals surface area contributed by atoms with Gasteiger partial charge in [-0.2, -0.15) is 0 Å². The molecule has 1 amide bonds. The highest BCUT2D eigenvalue weighted by atomic mass is 16.2. The molecule has 58 valence electrons. The Morgan fingerprint density at radius 1 is 1.64 bits per heavy atom. The molecule has 2 rings (SSSR count). The molecule has 1 N–H and O–H groups in total. The Kier molecular flexibility index (Phi) is 1.38. The highest BCUT2D eigenvalue weighted by Crippen LogP contribution is 2.18. The van der Waals surface area contributed by atoms with E-state index in [2.05, 4.69) is 10.3 Å². The lowest BCUT2D eigenvalue weighted by atomic mass is 10.7. The van der Waals surface area contributed by atoms with Gasteiger partial charge in [0.2, 0.25) is 0 Å². The Morgan fingerprint density at radius 3 is 3.00 bits per heavy atom. The zero-order chi connectivity index (χ0) is 7.68. The number of aromatic nitrogens is 2. The number of carbonyl (C=O) groups is 1. The summed E-state index contributed by atoms with van der Waals surface area (Å²) < 4.78 is 1.44. The summed E-state index contributed by atoms with van der Waals surface area (Å²) >= 11 is 0. The number of hydrogen-bond donors (Lipinski definition) is 1. The molecule has 4 heteroatoms. The fourth-order valence-electron chi connectivity index (χ4n) is 0.856. The Bertz CT molecular complexity index is 251. The third-order valence-corrected chi connectivity index (χ3v) is 1.64. The number of nitrogens with one attached hydrogen (secondary N) is 1. The van der Waals surface area contributed by atoms with E-state index < -0.39 is 0 Å². The minimum atomic E-state index is -0.0787. The molecule has 1 fully saturated rings. The quantitative estimate of drug-likeness (QED) is 0.639. The summed E-state index contributed by atoms with van der Waals surface area (Å²) in [6, 6.07) is 0.329. The maximum Gasteiger partial charge on any atom is 0.327 e. The molecule has 0 saturated heterocycles. The Balaban J connectivity index is 1.99. The second-order valence-electron chi connectivity index (χ2n) is 2.69. The van der Waals surface area contributed by atoms with Crippen LogP contribution in [0, 0.1) is 0 Å². The molecule has 1 aromatic rings. The second kappa shape index (κ2) is 2.38. The summed E-state index contributed by atoms with van der Waals surface area (Å²) in [4.78, 5) is 14.9. The first-order valence-corrected chi connectivity index (χ1v) is 3.65. The first-order chi connectivity index (χ1) is 5.36. The van der Waals surface area contributed by atoms with Gasteiger partial charge in [-0.15, -0.1) is 0 Å². The van der Waals surface area contributed by atoms with Crippen molar-refractivity contribution in [2.75, 3.05) is 0 Å². The maximum atomic E-state index is 11.2. The van der Waals surface area contributed by atoms with Crippen LogP contribution in [-0.2, 0) is 0 Å². The zero-order valence-corrected chi connectivity index (χ0v) is 6.03. The number of carbonyl (C=O) groups excluding carboxylic acids is 1.